The third kappa shape index (κ3) is 4.31. The predicted octanol–water partition coefficient (Wildman–Crippen LogP) is 4.41. The van der Waals surface area contributed by atoms with Crippen LogP contribution in [0.5, 0.6) is 5.75 Å². The lowest BCUT2D eigenvalue weighted by molar-refractivity contribution is 0.102. The Labute approximate surface area is 193 Å². The summed E-state index contributed by atoms with van der Waals surface area (Å²) in [4.78, 5) is 27.1. The van der Waals surface area contributed by atoms with Gasteiger partial charge in [0.25, 0.3) is 5.91 Å². The Balaban J connectivity index is 1.40. The molecule has 0 saturated heterocycles. The fourth-order valence-electron chi connectivity index (χ4n) is 3.56. The number of para-hydroxylation sites is 1. The molecule has 8 nitrogen and oxygen atoms in total. The Morgan fingerprint density at radius 2 is 1.94 bits per heavy atom. The summed E-state index contributed by atoms with van der Waals surface area (Å²) >= 11 is 1.31. The van der Waals surface area contributed by atoms with Gasteiger partial charge in [0.15, 0.2) is 0 Å². The number of nitrogens with one attached hydrogen (secondary N) is 1. The largest absolute Gasteiger partial charge is 0.496 e. The molecule has 0 unspecified atom stereocenters. The number of fused-ring (bicyclic) bond motifs is 1. The molecule has 1 aromatic carbocycles. The van der Waals surface area contributed by atoms with Crippen molar-refractivity contribution in [2.45, 2.75) is 13.3 Å². The van der Waals surface area contributed by atoms with E-state index in [1.54, 1.807) is 24.0 Å². The number of imidazole rings is 1. The van der Waals surface area contributed by atoms with E-state index in [1.807, 2.05) is 61.7 Å². The first-order chi connectivity index (χ1) is 16.1. The summed E-state index contributed by atoms with van der Waals surface area (Å²) in [5.74, 6) is 0.388. The van der Waals surface area contributed by atoms with Crippen LogP contribution in [-0.2, 0) is 6.42 Å². The normalized spacial score (nSPS) is 11.0. The van der Waals surface area contributed by atoms with E-state index in [-0.39, 0.29) is 5.91 Å². The summed E-state index contributed by atoms with van der Waals surface area (Å²) in [5, 5.41) is 7.81. The van der Waals surface area contributed by atoms with Crippen LogP contribution in [0.1, 0.15) is 27.4 Å². The zero-order chi connectivity index (χ0) is 22.8. The molecule has 0 spiro atoms. The fourth-order valence-corrected chi connectivity index (χ4v) is 4.36. The number of hydrogen-bond donors (Lipinski definition) is 1. The molecular formula is C24H20N6O2S. The van der Waals surface area contributed by atoms with Gasteiger partial charge in [-0.3, -0.25) is 20.1 Å². The minimum absolute atomic E-state index is 0.297. The first kappa shape index (κ1) is 20.8. The Morgan fingerprint density at radius 3 is 2.73 bits per heavy atom. The highest BCUT2D eigenvalue weighted by molar-refractivity contribution is 7.20. The van der Waals surface area contributed by atoms with E-state index in [9.17, 15) is 4.79 Å². The van der Waals surface area contributed by atoms with Crippen molar-refractivity contribution in [1.82, 2.24) is 24.6 Å². The van der Waals surface area contributed by atoms with Crippen molar-refractivity contribution in [3.8, 4) is 16.9 Å². The van der Waals surface area contributed by atoms with Gasteiger partial charge in [0, 0.05) is 41.3 Å². The van der Waals surface area contributed by atoms with Gasteiger partial charge in [-0.1, -0.05) is 35.6 Å². The number of rotatable bonds is 6. The first-order valence-electron chi connectivity index (χ1n) is 10.3. The molecule has 0 saturated carbocycles. The monoisotopic (exact) mass is 456 g/mol. The topological polar surface area (TPSA) is 94.3 Å². The summed E-state index contributed by atoms with van der Waals surface area (Å²) in [5.41, 5.74) is 4.62. The second kappa shape index (κ2) is 8.79. The number of hydrogen-bond acceptors (Lipinski definition) is 7. The van der Waals surface area contributed by atoms with Crippen LogP contribution < -0.4 is 10.1 Å². The molecule has 0 radical (unpaired) electrons. The molecule has 0 aliphatic carbocycles. The van der Waals surface area contributed by atoms with Crippen LogP contribution in [0, 0.1) is 6.92 Å². The smallest absolute Gasteiger partial charge is 0.259 e. The number of anilines is 1. The van der Waals surface area contributed by atoms with Gasteiger partial charge < -0.3 is 4.74 Å². The van der Waals surface area contributed by atoms with Gasteiger partial charge >= 0.3 is 0 Å². The maximum Gasteiger partial charge on any atom is 0.259 e. The number of pyridine rings is 2. The van der Waals surface area contributed by atoms with Crippen LogP contribution >= 0.6 is 11.3 Å². The molecule has 5 aromatic rings. The van der Waals surface area contributed by atoms with Gasteiger partial charge in [0.05, 0.1) is 24.6 Å². The van der Waals surface area contributed by atoms with E-state index >= 15 is 0 Å². The summed E-state index contributed by atoms with van der Waals surface area (Å²) in [6.45, 7) is 1.89. The molecule has 0 fully saturated rings. The Bertz CT molecular complexity index is 1410. The van der Waals surface area contributed by atoms with Gasteiger partial charge in [-0.05, 0) is 31.2 Å². The van der Waals surface area contributed by atoms with E-state index in [1.165, 1.54) is 11.3 Å². The van der Waals surface area contributed by atoms with Crippen molar-refractivity contribution in [2.24, 2.45) is 0 Å². The van der Waals surface area contributed by atoms with Gasteiger partial charge in [-0.25, -0.2) is 9.50 Å². The SMILES string of the molecule is COc1ccccc1-c1cc(C)ncc1C(=O)Nc1nn2cc(Cc3ccccn3)nc2s1. The van der Waals surface area contributed by atoms with Gasteiger partial charge in [-0.15, -0.1) is 5.10 Å². The van der Waals surface area contributed by atoms with Crippen LogP contribution in [0.15, 0.2) is 67.1 Å². The quantitative estimate of drug-likeness (QED) is 0.407. The van der Waals surface area contributed by atoms with Crippen LogP contribution in [0.3, 0.4) is 0 Å². The molecule has 9 heteroatoms. The molecule has 4 aromatic heterocycles. The van der Waals surface area contributed by atoms with Crippen molar-refractivity contribution in [1.29, 1.82) is 0 Å². The van der Waals surface area contributed by atoms with Crippen LogP contribution in [-0.4, -0.2) is 37.6 Å². The lowest BCUT2D eigenvalue weighted by atomic mass is 9.99. The van der Waals surface area contributed by atoms with Gasteiger partial charge in [-0.2, -0.15) is 0 Å². The Hall–Kier alpha value is -4.11. The molecule has 33 heavy (non-hydrogen) atoms. The molecule has 0 atom stereocenters. The van der Waals surface area contributed by atoms with E-state index in [4.69, 9.17) is 4.74 Å². The maximum atomic E-state index is 13.2. The zero-order valence-corrected chi connectivity index (χ0v) is 18.8. The van der Waals surface area contributed by atoms with Crippen molar-refractivity contribution in [2.75, 3.05) is 12.4 Å². The number of nitrogens with zero attached hydrogens (tertiary/aromatic N) is 5. The first-order valence-corrected chi connectivity index (χ1v) is 11.1. The third-order valence-corrected chi connectivity index (χ3v) is 5.92. The van der Waals surface area contributed by atoms with Crippen molar-refractivity contribution < 1.29 is 9.53 Å². The average molecular weight is 457 g/mol. The summed E-state index contributed by atoms with van der Waals surface area (Å²) in [6.07, 6.45) is 5.81. The lowest BCUT2D eigenvalue weighted by Gasteiger charge is -2.13. The number of aromatic nitrogens is 5. The predicted molar refractivity (Wildman–Crippen MR) is 127 cm³/mol. The van der Waals surface area contributed by atoms with E-state index in [2.05, 4.69) is 25.4 Å². The van der Waals surface area contributed by atoms with Crippen molar-refractivity contribution >= 4 is 27.3 Å². The number of carbonyl (C=O) groups is 1. The van der Waals surface area contributed by atoms with Crippen molar-refractivity contribution in [3.63, 3.8) is 0 Å². The summed E-state index contributed by atoms with van der Waals surface area (Å²) < 4.78 is 7.17. The fraction of sp³-hybridized carbons (Fsp3) is 0.125. The van der Waals surface area contributed by atoms with E-state index < -0.39 is 0 Å². The highest BCUT2D eigenvalue weighted by atomic mass is 32.1. The highest BCUT2D eigenvalue weighted by Gasteiger charge is 2.19. The number of aryl methyl sites for hydroxylation is 1. The van der Waals surface area contributed by atoms with Crippen molar-refractivity contribution in [3.05, 3.63) is 89.8 Å². The molecule has 1 amide bonds. The van der Waals surface area contributed by atoms with Crippen LogP contribution in [0.4, 0.5) is 5.13 Å². The van der Waals surface area contributed by atoms with Gasteiger partial charge in [0.2, 0.25) is 10.1 Å². The zero-order valence-electron chi connectivity index (χ0n) is 18.0. The van der Waals surface area contributed by atoms with Crippen LogP contribution in [0.25, 0.3) is 16.1 Å². The number of benzene rings is 1. The molecule has 5 rings (SSSR count). The molecule has 164 valence electrons. The molecule has 0 bridgehead atoms. The third-order valence-electron chi connectivity index (χ3n) is 5.08. The molecule has 1 N–H and O–H groups in total. The number of carbonyl (C=O) groups excluding carboxylic acids is 1. The molecule has 0 aliphatic rings. The Kier molecular flexibility index (Phi) is 5.54. The lowest BCUT2D eigenvalue weighted by Crippen LogP contribution is -2.14. The van der Waals surface area contributed by atoms with Gasteiger partial charge in [0.1, 0.15) is 5.75 Å². The van der Waals surface area contributed by atoms with E-state index in [0.29, 0.717) is 27.8 Å². The highest BCUT2D eigenvalue weighted by Crippen LogP contribution is 2.33. The second-order valence-electron chi connectivity index (χ2n) is 7.39. The number of methoxy groups -OCH3 is 1. The summed E-state index contributed by atoms with van der Waals surface area (Å²) in [7, 11) is 1.61. The maximum absolute atomic E-state index is 13.2. The molecule has 0 aliphatic heterocycles. The van der Waals surface area contributed by atoms with Crippen LogP contribution in [0.2, 0.25) is 0 Å². The minimum atomic E-state index is -0.297. The molecule has 4 heterocycles. The summed E-state index contributed by atoms with van der Waals surface area (Å²) in [6, 6.07) is 15.3. The standard InChI is InChI=1S/C24H20N6O2S/c1-15-11-19(18-8-3-4-9-21(18)32-2)20(13-26-15)22(31)28-23-29-30-14-17(27-24(30)33-23)12-16-7-5-6-10-25-16/h3-11,13-14H,12H2,1-2H3,(H,28,29,31). The molecular weight excluding hydrogens is 436 g/mol. The number of amides is 1. The van der Waals surface area contributed by atoms with E-state index in [0.717, 1.165) is 28.2 Å². The number of ether oxygens (including phenoxy) is 1. The average Bonchev–Trinajstić information content (AvgIpc) is 3.37. The Morgan fingerprint density at radius 1 is 1.09 bits per heavy atom. The minimum Gasteiger partial charge on any atom is -0.496 e. The second-order valence-corrected chi connectivity index (χ2v) is 8.35.